The van der Waals surface area contributed by atoms with E-state index < -0.39 is 16.1 Å². The zero-order chi connectivity index (χ0) is 28.7. The molecule has 3 atom stereocenters. The van der Waals surface area contributed by atoms with Gasteiger partial charge in [-0.3, -0.25) is 4.79 Å². The standard InChI is InChI=1S/C32H35NO6S2/c1-5-33-24-10-7-6-9-21(24)22-17-20(11-12-25(22)33)32(40-13-8-14-41-32)23-18-39-31(35)28(23)29(34)19-15-26(36-2)30(38-4)27(16-19)37-3/h6-7,9-12,15-17,23,28-29,34H,5,8,13-14,18H2,1-4H3/t23-,28-,29?/m0/s1. The second-order valence-electron chi connectivity index (χ2n) is 10.4. The van der Waals surface area contributed by atoms with Crippen LogP contribution in [0.15, 0.2) is 54.6 Å². The van der Waals surface area contributed by atoms with Crippen molar-refractivity contribution in [1.29, 1.82) is 0 Å². The molecule has 1 N–H and O–H groups in total. The second-order valence-corrected chi connectivity index (χ2v) is 13.3. The van der Waals surface area contributed by atoms with Crippen LogP contribution in [-0.2, 0) is 20.2 Å². The molecule has 0 amide bonds. The number of rotatable bonds is 8. The van der Waals surface area contributed by atoms with Crippen LogP contribution in [0.25, 0.3) is 21.8 Å². The van der Waals surface area contributed by atoms with E-state index in [1.54, 1.807) is 12.1 Å². The van der Waals surface area contributed by atoms with E-state index in [0.29, 0.717) is 22.8 Å². The Kier molecular flexibility index (Phi) is 7.78. The third-order valence-corrected chi connectivity index (χ3v) is 12.0. The SMILES string of the molecule is CCn1c2ccccc2c2cc(C3([C@H]4COC(=O)[C@@H]4C(O)c4cc(OC)c(OC)c(OC)c4)SCCCS3)ccc21. The van der Waals surface area contributed by atoms with Crippen molar-refractivity contribution >= 4 is 51.3 Å². The summed E-state index contributed by atoms with van der Waals surface area (Å²) < 4.78 is 24.2. The van der Waals surface area contributed by atoms with Gasteiger partial charge in [0.1, 0.15) is 0 Å². The topological polar surface area (TPSA) is 79.2 Å². The van der Waals surface area contributed by atoms with Gasteiger partial charge in [-0.1, -0.05) is 24.3 Å². The molecule has 0 aliphatic carbocycles. The minimum Gasteiger partial charge on any atom is -0.493 e. The Labute approximate surface area is 248 Å². The molecule has 0 spiro atoms. The predicted molar refractivity (Wildman–Crippen MR) is 165 cm³/mol. The number of carbonyl (C=O) groups is 1. The summed E-state index contributed by atoms with van der Waals surface area (Å²) in [5.74, 6) is 1.84. The van der Waals surface area contributed by atoms with Crippen molar-refractivity contribution in [3.8, 4) is 17.2 Å². The van der Waals surface area contributed by atoms with Crippen molar-refractivity contribution in [3.05, 3.63) is 65.7 Å². The molecule has 3 heterocycles. The number of benzene rings is 3. The van der Waals surface area contributed by atoms with E-state index >= 15 is 0 Å². The van der Waals surface area contributed by atoms with Gasteiger partial charge in [0.2, 0.25) is 5.75 Å². The molecule has 2 aliphatic rings. The molecular formula is C32H35NO6S2. The number of aromatic nitrogens is 1. The largest absolute Gasteiger partial charge is 0.493 e. The number of para-hydroxylation sites is 1. The summed E-state index contributed by atoms with van der Waals surface area (Å²) in [6.45, 7) is 3.30. The van der Waals surface area contributed by atoms with Crippen LogP contribution in [0.5, 0.6) is 17.2 Å². The first-order valence-electron chi connectivity index (χ1n) is 13.9. The second kappa shape index (κ2) is 11.3. The first kappa shape index (κ1) is 28.1. The van der Waals surface area contributed by atoms with Crippen LogP contribution in [0.4, 0.5) is 0 Å². The smallest absolute Gasteiger partial charge is 0.312 e. The van der Waals surface area contributed by atoms with Crippen LogP contribution in [0.3, 0.4) is 0 Å². The maximum Gasteiger partial charge on any atom is 0.312 e. The van der Waals surface area contributed by atoms with Gasteiger partial charge in [-0.05, 0) is 66.3 Å². The molecule has 9 heteroatoms. The fraction of sp³-hybridized carbons (Fsp3) is 0.406. The van der Waals surface area contributed by atoms with E-state index in [1.807, 2.05) is 23.5 Å². The molecule has 6 rings (SSSR count). The van der Waals surface area contributed by atoms with Gasteiger partial charge < -0.3 is 28.6 Å². The lowest BCUT2D eigenvalue weighted by Gasteiger charge is -2.43. The van der Waals surface area contributed by atoms with Gasteiger partial charge in [0.15, 0.2) is 11.5 Å². The highest BCUT2D eigenvalue weighted by molar-refractivity contribution is 8.18. The van der Waals surface area contributed by atoms with Crippen LogP contribution >= 0.6 is 23.5 Å². The first-order valence-corrected chi connectivity index (χ1v) is 15.9. The normalized spacial score (nSPS) is 21.1. The Morgan fingerprint density at radius 3 is 2.32 bits per heavy atom. The number of aliphatic hydroxyl groups excluding tert-OH is 1. The number of esters is 1. The molecule has 216 valence electrons. The van der Waals surface area contributed by atoms with Gasteiger partial charge >= 0.3 is 5.97 Å². The Morgan fingerprint density at radius 2 is 1.66 bits per heavy atom. The van der Waals surface area contributed by atoms with E-state index in [9.17, 15) is 9.90 Å². The highest BCUT2D eigenvalue weighted by Gasteiger charge is 2.55. The molecule has 1 unspecified atom stereocenters. The molecule has 2 aliphatic heterocycles. The van der Waals surface area contributed by atoms with Crippen molar-refractivity contribution in [1.82, 2.24) is 4.57 Å². The van der Waals surface area contributed by atoms with E-state index in [2.05, 4.69) is 54.0 Å². The van der Waals surface area contributed by atoms with E-state index in [-0.39, 0.29) is 18.5 Å². The molecule has 41 heavy (non-hydrogen) atoms. The number of carbonyl (C=O) groups excluding carboxylic acids is 1. The van der Waals surface area contributed by atoms with Crippen LogP contribution in [0, 0.1) is 11.8 Å². The zero-order valence-electron chi connectivity index (χ0n) is 23.7. The van der Waals surface area contributed by atoms with Gasteiger partial charge in [-0.25, -0.2) is 0 Å². The average molecular weight is 594 g/mol. The molecule has 7 nitrogen and oxygen atoms in total. The Bertz CT molecular complexity index is 1570. The molecule has 0 bridgehead atoms. The molecule has 2 saturated heterocycles. The molecule has 4 aromatic rings. The lowest BCUT2D eigenvalue weighted by Crippen LogP contribution is -2.39. The van der Waals surface area contributed by atoms with Crippen molar-refractivity contribution in [2.45, 2.75) is 30.1 Å². The molecule has 0 saturated carbocycles. The fourth-order valence-corrected chi connectivity index (χ4v) is 10.1. The molecule has 3 aromatic carbocycles. The summed E-state index contributed by atoms with van der Waals surface area (Å²) >= 11 is 3.74. The van der Waals surface area contributed by atoms with Gasteiger partial charge in [0.05, 0.1) is 44.0 Å². The number of aliphatic hydroxyl groups is 1. The maximum atomic E-state index is 13.4. The third kappa shape index (κ3) is 4.53. The van der Waals surface area contributed by atoms with Gasteiger partial charge in [-0.2, -0.15) is 0 Å². The van der Waals surface area contributed by atoms with Crippen LogP contribution < -0.4 is 14.2 Å². The van der Waals surface area contributed by atoms with Crippen molar-refractivity contribution in [2.24, 2.45) is 11.8 Å². The van der Waals surface area contributed by atoms with Crippen molar-refractivity contribution < 1.29 is 28.8 Å². The first-order chi connectivity index (χ1) is 20.0. The summed E-state index contributed by atoms with van der Waals surface area (Å²) in [6.07, 6.45) is -0.0229. The number of ether oxygens (including phenoxy) is 4. The average Bonchev–Trinajstić information content (AvgIpc) is 3.57. The Balaban J connectivity index is 1.47. The monoisotopic (exact) mass is 593 g/mol. The number of aryl methyl sites for hydroxylation is 1. The number of hydrogen-bond acceptors (Lipinski definition) is 8. The van der Waals surface area contributed by atoms with Gasteiger partial charge in [0, 0.05) is 34.3 Å². The zero-order valence-corrected chi connectivity index (χ0v) is 25.3. The third-order valence-electron chi connectivity index (χ3n) is 8.38. The quantitative estimate of drug-likeness (QED) is 0.236. The summed E-state index contributed by atoms with van der Waals surface area (Å²) in [6, 6.07) is 18.7. The summed E-state index contributed by atoms with van der Waals surface area (Å²) in [7, 11) is 4.61. The number of thioether (sulfide) groups is 2. The molecule has 2 fully saturated rings. The summed E-state index contributed by atoms with van der Waals surface area (Å²) in [5.41, 5.74) is 4.10. The van der Waals surface area contributed by atoms with Crippen molar-refractivity contribution in [3.63, 3.8) is 0 Å². The van der Waals surface area contributed by atoms with E-state index in [1.165, 1.54) is 43.1 Å². The summed E-state index contributed by atoms with van der Waals surface area (Å²) in [4.78, 5) is 13.4. The lowest BCUT2D eigenvalue weighted by atomic mass is 9.81. The summed E-state index contributed by atoms with van der Waals surface area (Å²) in [5, 5.41) is 14.3. The van der Waals surface area contributed by atoms with Crippen LogP contribution in [-0.4, -0.2) is 55.1 Å². The molecule has 1 aromatic heterocycles. The fourth-order valence-electron chi connectivity index (χ4n) is 6.46. The van der Waals surface area contributed by atoms with Gasteiger partial charge in [-0.15, -0.1) is 23.5 Å². The number of methoxy groups -OCH3 is 3. The Hall–Kier alpha value is -3.01. The number of nitrogens with zero attached hydrogens (tertiary/aromatic N) is 1. The Morgan fingerprint density at radius 1 is 0.976 bits per heavy atom. The molecular weight excluding hydrogens is 558 g/mol. The number of fused-ring (bicyclic) bond motifs is 3. The number of cyclic esters (lactones) is 1. The minimum atomic E-state index is -1.12. The number of hydrogen-bond donors (Lipinski definition) is 1. The molecule has 0 radical (unpaired) electrons. The van der Waals surface area contributed by atoms with Crippen LogP contribution in [0.2, 0.25) is 0 Å². The van der Waals surface area contributed by atoms with Crippen LogP contribution in [0.1, 0.15) is 30.6 Å². The highest BCUT2D eigenvalue weighted by Crippen LogP contribution is 2.60. The van der Waals surface area contributed by atoms with Gasteiger partial charge in [0.25, 0.3) is 0 Å². The predicted octanol–water partition coefficient (Wildman–Crippen LogP) is 6.39. The van der Waals surface area contributed by atoms with E-state index in [0.717, 1.165) is 30.0 Å². The lowest BCUT2D eigenvalue weighted by molar-refractivity contribution is -0.144. The maximum absolute atomic E-state index is 13.4. The van der Waals surface area contributed by atoms with Crippen molar-refractivity contribution in [2.75, 3.05) is 39.4 Å². The highest BCUT2D eigenvalue weighted by atomic mass is 32.2. The van der Waals surface area contributed by atoms with E-state index in [4.69, 9.17) is 18.9 Å². The minimum absolute atomic E-state index is 0.250.